The van der Waals surface area contributed by atoms with Gasteiger partial charge in [-0.15, -0.1) is 0 Å². The number of anilines is 1. The van der Waals surface area contributed by atoms with Gasteiger partial charge in [0.05, 0.1) is 23.9 Å². The van der Waals surface area contributed by atoms with Crippen molar-refractivity contribution < 1.29 is 18.3 Å². The van der Waals surface area contributed by atoms with Crippen LogP contribution in [0.2, 0.25) is 0 Å². The van der Waals surface area contributed by atoms with E-state index in [1.165, 1.54) is 13.2 Å². The Hall–Kier alpha value is -1.95. The Balaban J connectivity index is 2.66. The molecule has 0 amide bonds. The normalized spacial score (nSPS) is 10.5. The number of hydrogen-bond acceptors (Lipinski definition) is 3. The maximum absolute atomic E-state index is 14.0. The summed E-state index contributed by atoms with van der Waals surface area (Å²) >= 11 is 3.28. The molecule has 2 rings (SSSR count). The summed E-state index contributed by atoms with van der Waals surface area (Å²) in [7, 11) is 1.38. The van der Waals surface area contributed by atoms with Gasteiger partial charge in [-0.05, 0) is 36.8 Å². The third-order valence-electron chi connectivity index (χ3n) is 3.07. The molecule has 0 heterocycles. The highest BCUT2D eigenvalue weighted by Gasteiger charge is 2.24. The highest BCUT2D eigenvalue weighted by molar-refractivity contribution is 9.10. The minimum absolute atomic E-state index is 0.0541. The predicted molar refractivity (Wildman–Crippen MR) is 79.6 cm³/mol. The second kappa shape index (κ2) is 5.81. The third kappa shape index (κ3) is 2.76. The molecule has 0 unspecified atom stereocenters. The first-order chi connectivity index (χ1) is 9.86. The molecule has 2 N–H and O–H groups in total. The Bertz CT molecular complexity index is 732. The molecule has 0 atom stereocenters. The molecular formula is C15H12BrF2NO2. The Morgan fingerprint density at radius 1 is 1.29 bits per heavy atom. The highest BCUT2D eigenvalue weighted by atomic mass is 79.9. The lowest BCUT2D eigenvalue weighted by Crippen LogP contribution is -2.11. The van der Waals surface area contributed by atoms with Gasteiger partial charge >= 0.3 is 0 Å². The maximum Gasteiger partial charge on any atom is 0.202 e. The topological polar surface area (TPSA) is 52.3 Å². The fraction of sp³-hybridized carbons (Fsp3) is 0.133. The minimum Gasteiger partial charge on any atom is -0.496 e. The van der Waals surface area contributed by atoms with Crippen molar-refractivity contribution in [2.75, 3.05) is 12.8 Å². The monoisotopic (exact) mass is 355 g/mol. The molecule has 0 spiro atoms. The van der Waals surface area contributed by atoms with E-state index in [0.29, 0.717) is 4.47 Å². The number of halogens is 3. The zero-order valence-corrected chi connectivity index (χ0v) is 12.9. The predicted octanol–water partition coefficient (Wildman–Crippen LogP) is 3.86. The summed E-state index contributed by atoms with van der Waals surface area (Å²) in [6.45, 7) is 1.81. The molecule has 3 nitrogen and oxygen atoms in total. The zero-order chi connectivity index (χ0) is 15.7. The van der Waals surface area contributed by atoms with Gasteiger partial charge in [0, 0.05) is 4.47 Å². The lowest BCUT2D eigenvalue weighted by Gasteiger charge is -2.12. The van der Waals surface area contributed by atoms with Gasteiger partial charge in [-0.3, -0.25) is 4.79 Å². The maximum atomic E-state index is 14.0. The summed E-state index contributed by atoms with van der Waals surface area (Å²) in [5.74, 6) is -2.62. The van der Waals surface area contributed by atoms with Gasteiger partial charge in [-0.1, -0.05) is 15.9 Å². The van der Waals surface area contributed by atoms with Crippen LogP contribution in [0.25, 0.3) is 0 Å². The number of nitrogens with two attached hydrogens (primary N) is 1. The largest absolute Gasteiger partial charge is 0.496 e. The molecule has 0 aliphatic rings. The number of benzene rings is 2. The van der Waals surface area contributed by atoms with Gasteiger partial charge in [-0.25, -0.2) is 8.78 Å². The van der Waals surface area contributed by atoms with Crippen molar-refractivity contribution in [3.8, 4) is 5.75 Å². The van der Waals surface area contributed by atoms with Gasteiger partial charge in [-0.2, -0.15) is 0 Å². The number of carbonyl (C=O) groups excluding carboxylic acids is 1. The molecule has 0 aliphatic heterocycles. The molecule has 0 aliphatic carbocycles. The summed E-state index contributed by atoms with van der Waals surface area (Å²) in [6, 6.07) is 5.11. The zero-order valence-electron chi connectivity index (χ0n) is 11.3. The molecule has 0 saturated heterocycles. The van der Waals surface area contributed by atoms with Crippen molar-refractivity contribution in [1.82, 2.24) is 0 Å². The van der Waals surface area contributed by atoms with Crippen LogP contribution in [0.1, 0.15) is 21.5 Å². The Labute approximate surface area is 128 Å². The first-order valence-corrected chi connectivity index (χ1v) is 6.78. The fourth-order valence-corrected chi connectivity index (χ4v) is 2.26. The molecule has 0 aromatic heterocycles. The number of aryl methyl sites for hydroxylation is 1. The van der Waals surface area contributed by atoms with Crippen LogP contribution in [0.4, 0.5) is 14.5 Å². The molecule has 110 valence electrons. The molecular weight excluding hydrogens is 344 g/mol. The van der Waals surface area contributed by atoms with Crippen LogP contribution >= 0.6 is 15.9 Å². The first kappa shape index (κ1) is 15.4. The van der Waals surface area contributed by atoms with E-state index in [9.17, 15) is 13.6 Å². The van der Waals surface area contributed by atoms with E-state index in [2.05, 4.69) is 15.9 Å². The fourth-order valence-electron chi connectivity index (χ4n) is 1.91. The van der Waals surface area contributed by atoms with Crippen LogP contribution in [0, 0.1) is 18.6 Å². The SMILES string of the molecule is COc1cc(C)c(Br)cc1C(=O)c1c(F)ccc(N)c1F. The number of carbonyl (C=O) groups is 1. The van der Waals surface area contributed by atoms with Crippen molar-refractivity contribution in [2.45, 2.75) is 6.92 Å². The summed E-state index contributed by atoms with van der Waals surface area (Å²) in [6.07, 6.45) is 0. The van der Waals surface area contributed by atoms with E-state index in [0.717, 1.165) is 17.7 Å². The second-order valence-corrected chi connectivity index (χ2v) is 5.31. The quantitative estimate of drug-likeness (QED) is 0.671. The Morgan fingerprint density at radius 2 is 1.95 bits per heavy atom. The number of rotatable bonds is 3. The van der Waals surface area contributed by atoms with Gasteiger partial charge in [0.15, 0.2) is 5.82 Å². The number of hydrogen-bond donors (Lipinski definition) is 1. The second-order valence-electron chi connectivity index (χ2n) is 4.46. The summed E-state index contributed by atoms with van der Waals surface area (Å²) < 4.78 is 33.5. The lowest BCUT2D eigenvalue weighted by atomic mass is 9.99. The van der Waals surface area contributed by atoms with E-state index in [-0.39, 0.29) is 17.0 Å². The van der Waals surface area contributed by atoms with E-state index < -0.39 is 23.0 Å². The molecule has 2 aromatic rings. The molecule has 0 saturated carbocycles. The Kier molecular flexibility index (Phi) is 4.27. The number of nitrogen functional groups attached to an aromatic ring is 1. The van der Waals surface area contributed by atoms with Gasteiger partial charge in [0.2, 0.25) is 5.78 Å². The molecule has 21 heavy (non-hydrogen) atoms. The van der Waals surface area contributed by atoms with Crippen molar-refractivity contribution in [1.29, 1.82) is 0 Å². The smallest absolute Gasteiger partial charge is 0.202 e. The number of ketones is 1. The standard InChI is InChI=1S/C15H12BrF2NO2/c1-7-5-12(21-2)8(6-9(7)16)15(20)13-10(17)3-4-11(19)14(13)18/h3-6H,19H2,1-2H3. The highest BCUT2D eigenvalue weighted by Crippen LogP contribution is 2.30. The lowest BCUT2D eigenvalue weighted by molar-refractivity contribution is 0.102. The molecule has 6 heteroatoms. The van der Waals surface area contributed by atoms with E-state index >= 15 is 0 Å². The average Bonchev–Trinajstić information content (AvgIpc) is 2.45. The van der Waals surface area contributed by atoms with E-state index in [1.54, 1.807) is 6.07 Å². The first-order valence-electron chi connectivity index (χ1n) is 5.99. The third-order valence-corrected chi connectivity index (χ3v) is 3.93. The van der Waals surface area contributed by atoms with Crippen LogP contribution in [-0.4, -0.2) is 12.9 Å². The minimum atomic E-state index is -1.07. The van der Waals surface area contributed by atoms with Crippen molar-refractivity contribution >= 4 is 27.4 Å². The van der Waals surface area contributed by atoms with E-state index in [1.807, 2.05) is 6.92 Å². The molecule has 2 aromatic carbocycles. The molecule has 0 bridgehead atoms. The van der Waals surface area contributed by atoms with Crippen LogP contribution in [0.5, 0.6) is 5.75 Å². The summed E-state index contributed by atoms with van der Waals surface area (Å²) in [5.41, 5.74) is 5.30. The van der Waals surface area contributed by atoms with Crippen LogP contribution < -0.4 is 10.5 Å². The molecule has 0 fully saturated rings. The average molecular weight is 356 g/mol. The van der Waals surface area contributed by atoms with Crippen LogP contribution in [0.3, 0.4) is 0 Å². The van der Waals surface area contributed by atoms with Crippen molar-refractivity contribution in [2.24, 2.45) is 0 Å². The van der Waals surface area contributed by atoms with Crippen LogP contribution in [-0.2, 0) is 0 Å². The number of methoxy groups -OCH3 is 1. The molecule has 0 radical (unpaired) electrons. The summed E-state index contributed by atoms with van der Waals surface area (Å²) in [4.78, 5) is 12.4. The van der Waals surface area contributed by atoms with Gasteiger partial charge in [0.25, 0.3) is 0 Å². The van der Waals surface area contributed by atoms with Crippen LogP contribution in [0.15, 0.2) is 28.7 Å². The Morgan fingerprint density at radius 3 is 2.57 bits per heavy atom. The number of ether oxygens (including phenoxy) is 1. The van der Waals surface area contributed by atoms with Crippen molar-refractivity contribution in [3.05, 3.63) is 57.1 Å². The van der Waals surface area contributed by atoms with Crippen molar-refractivity contribution in [3.63, 3.8) is 0 Å². The van der Waals surface area contributed by atoms with Gasteiger partial charge < -0.3 is 10.5 Å². The van der Waals surface area contributed by atoms with E-state index in [4.69, 9.17) is 10.5 Å². The van der Waals surface area contributed by atoms with Gasteiger partial charge in [0.1, 0.15) is 11.6 Å². The summed E-state index contributed by atoms with van der Waals surface area (Å²) in [5, 5.41) is 0.